The van der Waals surface area contributed by atoms with E-state index < -0.39 is 0 Å². The standard InChI is InChI=1S/C16H20N2O2/c1-12(2)15-6-3-9-18(15)16(20)14-7-8-17-11-13(14)5-4-10-19/h7-8,11-12,15,19H,3,6,9-10H2,1-2H3. The Morgan fingerprint density at radius 3 is 3.10 bits per heavy atom. The molecule has 1 unspecified atom stereocenters. The summed E-state index contributed by atoms with van der Waals surface area (Å²) in [7, 11) is 0. The minimum atomic E-state index is -0.221. The first kappa shape index (κ1) is 14.5. The van der Waals surface area contributed by atoms with Gasteiger partial charge in [0.2, 0.25) is 0 Å². The van der Waals surface area contributed by atoms with Crippen LogP contribution in [-0.4, -0.2) is 40.1 Å². The van der Waals surface area contributed by atoms with Crippen molar-refractivity contribution in [2.45, 2.75) is 32.7 Å². The Labute approximate surface area is 119 Å². The monoisotopic (exact) mass is 272 g/mol. The van der Waals surface area contributed by atoms with Crippen molar-refractivity contribution < 1.29 is 9.90 Å². The third-order valence-electron chi connectivity index (χ3n) is 3.68. The maximum atomic E-state index is 12.7. The number of pyridine rings is 1. The molecule has 1 saturated heterocycles. The molecule has 0 bridgehead atoms. The number of carbonyl (C=O) groups excluding carboxylic acids is 1. The Hall–Kier alpha value is -1.86. The lowest BCUT2D eigenvalue weighted by Crippen LogP contribution is -2.38. The van der Waals surface area contributed by atoms with E-state index in [-0.39, 0.29) is 12.5 Å². The lowest BCUT2D eigenvalue weighted by atomic mass is 10.0. The van der Waals surface area contributed by atoms with E-state index in [0.29, 0.717) is 23.1 Å². The van der Waals surface area contributed by atoms with Gasteiger partial charge in [0.15, 0.2) is 0 Å². The second kappa shape index (κ2) is 6.53. The molecule has 106 valence electrons. The number of aliphatic hydroxyl groups excluding tert-OH is 1. The Kier molecular flexibility index (Phi) is 4.75. The number of aliphatic hydroxyl groups is 1. The number of aromatic nitrogens is 1. The van der Waals surface area contributed by atoms with Crippen molar-refractivity contribution in [3.8, 4) is 11.8 Å². The van der Waals surface area contributed by atoms with Crippen LogP contribution in [0.4, 0.5) is 0 Å². The first-order valence-electron chi connectivity index (χ1n) is 7.00. The summed E-state index contributed by atoms with van der Waals surface area (Å²) in [6.07, 6.45) is 5.30. The van der Waals surface area contributed by atoms with Gasteiger partial charge in [-0.05, 0) is 24.8 Å². The summed E-state index contributed by atoms with van der Waals surface area (Å²) in [4.78, 5) is 18.7. The summed E-state index contributed by atoms with van der Waals surface area (Å²) in [5.41, 5.74) is 1.16. The van der Waals surface area contributed by atoms with E-state index in [0.717, 1.165) is 19.4 Å². The Morgan fingerprint density at radius 1 is 1.60 bits per heavy atom. The molecule has 1 atom stereocenters. The zero-order valence-corrected chi connectivity index (χ0v) is 12.0. The number of likely N-dealkylation sites (tertiary alicyclic amines) is 1. The summed E-state index contributed by atoms with van der Waals surface area (Å²) in [6.45, 7) is 4.88. The zero-order chi connectivity index (χ0) is 14.5. The molecule has 4 heteroatoms. The van der Waals surface area contributed by atoms with Gasteiger partial charge in [-0.2, -0.15) is 0 Å². The first-order chi connectivity index (χ1) is 9.65. The smallest absolute Gasteiger partial charge is 0.255 e. The molecule has 1 fully saturated rings. The first-order valence-corrected chi connectivity index (χ1v) is 7.00. The van der Waals surface area contributed by atoms with Crippen LogP contribution in [0, 0.1) is 17.8 Å². The van der Waals surface area contributed by atoms with Gasteiger partial charge in [-0.1, -0.05) is 25.7 Å². The Balaban J connectivity index is 2.29. The van der Waals surface area contributed by atoms with E-state index in [4.69, 9.17) is 5.11 Å². The fourth-order valence-electron chi connectivity index (χ4n) is 2.71. The van der Waals surface area contributed by atoms with Crippen molar-refractivity contribution in [1.29, 1.82) is 0 Å². The second-order valence-corrected chi connectivity index (χ2v) is 5.33. The average molecular weight is 272 g/mol. The van der Waals surface area contributed by atoms with Gasteiger partial charge in [0, 0.05) is 25.0 Å². The van der Waals surface area contributed by atoms with Crippen molar-refractivity contribution in [2.75, 3.05) is 13.2 Å². The molecule has 0 saturated carbocycles. The Bertz CT molecular complexity index is 543. The molecular formula is C16H20N2O2. The van der Waals surface area contributed by atoms with E-state index in [1.807, 2.05) is 4.90 Å². The molecule has 1 aromatic heterocycles. The van der Waals surface area contributed by atoms with Crippen LogP contribution in [0.25, 0.3) is 0 Å². The van der Waals surface area contributed by atoms with Crippen LogP contribution in [0.5, 0.6) is 0 Å². The van der Waals surface area contributed by atoms with Crippen LogP contribution in [0.1, 0.15) is 42.6 Å². The Morgan fingerprint density at radius 2 is 2.40 bits per heavy atom. The second-order valence-electron chi connectivity index (χ2n) is 5.33. The van der Waals surface area contributed by atoms with E-state index in [1.165, 1.54) is 0 Å². The highest BCUT2D eigenvalue weighted by Gasteiger charge is 2.32. The van der Waals surface area contributed by atoms with Crippen LogP contribution in [-0.2, 0) is 0 Å². The van der Waals surface area contributed by atoms with Gasteiger partial charge >= 0.3 is 0 Å². The van der Waals surface area contributed by atoms with Gasteiger partial charge in [0.05, 0.1) is 11.1 Å². The van der Waals surface area contributed by atoms with Gasteiger partial charge in [-0.15, -0.1) is 0 Å². The number of nitrogens with zero attached hydrogens (tertiary/aromatic N) is 2. The molecule has 0 radical (unpaired) electrons. The zero-order valence-electron chi connectivity index (χ0n) is 12.0. The average Bonchev–Trinajstić information content (AvgIpc) is 2.94. The molecule has 1 aromatic rings. The molecule has 1 amide bonds. The topological polar surface area (TPSA) is 53.4 Å². The summed E-state index contributed by atoms with van der Waals surface area (Å²) >= 11 is 0. The highest BCUT2D eigenvalue weighted by Crippen LogP contribution is 2.26. The minimum absolute atomic E-state index is 0.0193. The molecule has 20 heavy (non-hydrogen) atoms. The van der Waals surface area contributed by atoms with Gasteiger partial charge in [0.25, 0.3) is 5.91 Å². The van der Waals surface area contributed by atoms with Crippen LogP contribution in [0.2, 0.25) is 0 Å². The van der Waals surface area contributed by atoms with E-state index >= 15 is 0 Å². The summed E-state index contributed by atoms with van der Waals surface area (Å²) in [5, 5.41) is 8.79. The summed E-state index contributed by atoms with van der Waals surface area (Å²) < 4.78 is 0. The van der Waals surface area contributed by atoms with Crippen molar-refractivity contribution in [1.82, 2.24) is 9.88 Å². The van der Waals surface area contributed by atoms with Gasteiger partial charge in [0.1, 0.15) is 6.61 Å². The lowest BCUT2D eigenvalue weighted by molar-refractivity contribution is 0.0701. The number of carbonyl (C=O) groups is 1. The predicted molar refractivity (Wildman–Crippen MR) is 77.1 cm³/mol. The lowest BCUT2D eigenvalue weighted by Gasteiger charge is -2.28. The van der Waals surface area contributed by atoms with Crippen LogP contribution in [0.3, 0.4) is 0 Å². The predicted octanol–water partition coefficient (Wildman–Crippen LogP) is 1.69. The summed E-state index contributed by atoms with van der Waals surface area (Å²) in [5.74, 6) is 5.85. The third kappa shape index (κ3) is 3.00. The van der Waals surface area contributed by atoms with Crippen molar-refractivity contribution >= 4 is 5.91 Å². The SMILES string of the molecule is CC(C)C1CCCN1C(=O)c1ccncc1C#CCO. The van der Waals surface area contributed by atoms with Crippen LogP contribution in [0.15, 0.2) is 18.5 Å². The number of hydrogen-bond donors (Lipinski definition) is 1. The van der Waals surface area contributed by atoms with E-state index in [9.17, 15) is 4.79 Å². The van der Waals surface area contributed by atoms with Crippen molar-refractivity contribution in [3.63, 3.8) is 0 Å². The molecule has 2 rings (SSSR count). The van der Waals surface area contributed by atoms with Gasteiger partial charge < -0.3 is 10.0 Å². The normalized spacial score (nSPS) is 18.0. The molecule has 2 heterocycles. The third-order valence-corrected chi connectivity index (χ3v) is 3.68. The molecule has 0 aromatic carbocycles. The fraction of sp³-hybridized carbons (Fsp3) is 0.500. The molecular weight excluding hydrogens is 252 g/mol. The molecule has 4 nitrogen and oxygen atoms in total. The molecule has 0 spiro atoms. The number of hydrogen-bond acceptors (Lipinski definition) is 3. The van der Waals surface area contributed by atoms with Crippen LogP contribution < -0.4 is 0 Å². The van der Waals surface area contributed by atoms with Crippen molar-refractivity contribution in [2.24, 2.45) is 5.92 Å². The van der Waals surface area contributed by atoms with Crippen molar-refractivity contribution in [3.05, 3.63) is 29.6 Å². The fourth-order valence-corrected chi connectivity index (χ4v) is 2.71. The highest BCUT2D eigenvalue weighted by molar-refractivity contribution is 5.97. The molecule has 1 aliphatic heterocycles. The maximum Gasteiger partial charge on any atom is 0.255 e. The molecule has 1 N–H and O–H groups in total. The van der Waals surface area contributed by atoms with E-state index in [2.05, 4.69) is 30.7 Å². The summed E-state index contributed by atoms with van der Waals surface area (Å²) in [6, 6.07) is 2.01. The number of rotatable bonds is 2. The quantitative estimate of drug-likeness (QED) is 0.834. The molecule has 0 aliphatic carbocycles. The number of amides is 1. The molecule has 1 aliphatic rings. The largest absolute Gasteiger partial charge is 0.384 e. The minimum Gasteiger partial charge on any atom is -0.384 e. The van der Waals surface area contributed by atoms with Gasteiger partial charge in [-0.3, -0.25) is 9.78 Å². The van der Waals surface area contributed by atoms with E-state index in [1.54, 1.807) is 18.5 Å². The maximum absolute atomic E-state index is 12.7. The van der Waals surface area contributed by atoms with Gasteiger partial charge in [-0.25, -0.2) is 0 Å². The highest BCUT2D eigenvalue weighted by atomic mass is 16.2. The van der Waals surface area contributed by atoms with Crippen LogP contribution >= 0.6 is 0 Å².